The molecule has 0 bridgehead atoms. The zero-order chi connectivity index (χ0) is 16.6. The van der Waals surface area contributed by atoms with Gasteiger partial charge in [0, 0.05) is 13.0 Å². The molecule has 0 aromatic heterocycles. The third kappa shape index (κ3) is 1.87. The molecule has 5 rings (SSSR count). The van der Waals surface area contributed by atoms with Crippen LogP contribution >= 0.6 is 0 Å². The lowest BCUT2D eigenvalue weighted by atomic mass is 9.50. The quantitative estimate of drug-likeness (QED) is 0.753. The van der Waals surface area contributed by atoms with E-state index >= 15 is 0 Å². The Kier molecular flexibility index (Phi) is 3.31. The summed E-state index contributed by atoms with van der Waals surface area (Å²) >= 11 is 0. The highest BCUT2D eigenvalue weighted by Gasteiger charge is 2.69. The number of fused-ring (bicyclic) bond motifs is 6. The van der Waals surface area contributed by atoms with Crippen LogP contribution in [0.25, 0.3) is 0 Å². The normalized spacial score (nSPS) is 52.0. The van der Waals surface area contributed by atoms with Crippen molar-refractivity contribution in [1.82, 2.24) is 0 Å². The maximum Gasteiger partial charge on any atom is 0.0959 e. The highest BCUT2D eigenvalue weighted by Crippen LogP contribution is 2.74. The number of rotatable bonds is 2. The van der Waals surface area contributed by atoms with Gasteiger partial charge in [-0.25, -0.2) is 0 Å². The zero-order valence-corrected chi connectivity index (χ0v) is 15.4. The van der Waals surface area contributed by atoms with Crippen molar-refractivity contribution in [3.63, 3.8) is 0 Å². The fourth-order valence-corrected chi connectivity index (χ4v) is 7.89. The van der Waals surface area contributed by atoms with Crippen LogP contribution in [0.5, 0.6) is 0 Å². The fraction of sp³-hybridized carbons (Fsp3) is 0.818. The van der Waals surface area contributed by atoms with Crippen molar-refractivity contribution in [2.75, 3.05) is 13.7 Å². The van der Waals surface area contributed by atoms with E-state index < -0.39 is 0 Å². The second kappa shape index (κ2) is 5.13. The first-order chi connectivity index (χ1) is 11.6. The van der Waals surface area contributed by atoms with Crippen LogP contribution < -0.4 is 0 Å². The number of hydrogen-bond acceptors (Lipinski definition) is 2. The summed E-state index contributed by atoms with van der Waals surface area (Å²) in [5, 5.41) is 10.0. The Labute approximate surface area is 146 Å². The molecule has 3 fully saturated rings. The Morgan fingerprint density at radius 3 is 2.92 bits per heavy atom. The van der Waals surface area contributed by atoms with Gasteiger partial charge in [-0.3, -0.25) is 0 Å². The van der Waals surface area contributed by atoms with E-state index in [1.165, 1.54) is 31.4 Å². The topological polar surface area (TPSA) is 29.5 Å². The number of hydrogen-bond donors (Lipinski definition) is 1. The van der Waals surface area contributed by atoms with E-state index in [1.807, 2.05) is 7.11 Å². The molecule has 0 spiro atoms. The summed E-state index contributed by atoms with van der Waals surface area (Å²) < 4.78 is 5.55. The summed E-state index contributed by atoms with van der Waals surface area (Å²) in [4.78, 5) is 0. The average Bonchev–Trinajstić information content (AvgIpc) is 3.29. The van der Waals surface area contributed by atoms with Crippen LogP contribution in [0.1, 0.15) is 52.4 Å². The molecule has 0 aromatic carbocycles. The first kappa shape index (κ1) is 15.5. The fourth-order valence-electron chi connectivity index (χ4n) is 7.89. The lowest BCUT2D eigenvalue weighted by Gasteiger charge is -2.55. The van der Waals surface area contributed by atoms with E-state index in [2.05, 4.69) is 19.9 Å². The molecule has 8 atom stereocenters. The van der Waals surface area contributed by atoms with E-state index in [0.717, 1.165) is 48.3 Å². The molecule has 0 aromatic rings. The Morgan fingerprint density at radius 2 is 2.17 bits per heavy atom. The number of methoxy groups -OCH3 is 1. The molecule has 1 N–H and O–H groups in total. The number of aliphatic hydroxyl groups is 1. The van der Waals surface area contributed by atoms with Crippen LogP contribution in [-0.4, -0.2) is 18.8 Å². The molecule has 24 heavy (non-hydrogen) atoms. The van der Waals surface area contributed by atoms with E-state index in [1.54, 1.807) is 11.1 Å². The first-order valence-corrected chi connectivity index (χ1v) is 10.1. The molecule has 2 heteroatoms. The standard InChI is InChI=1S/C22H32O2/c1-12-8-13-9-14(24-3)4-5-15(13)16-6-7-22(2)19(11-23)17-10-18(17)21(22)20(12)16/h4,12,16-21,23H,5-11H2,1-3H3/t12-,16-,17+,18-,19-,20-,21-,22-/m1/s1. The maximum absolute atomic E-state index is 10.0. The third-order valence-electron chi connectivity index (χ3n) is 8.87. The summed E-state index contributed by atoms with van der Waals surface area (Å²) in [6.45, 7) is 5.47. The lowest BCUT2D eigenvalue weighted by Crippen LogP contribution is -2.48. The van der Waals surface area contributed by atoms with Crippen LogP contribution in [0.3, 0.4) is 0 Å². The third-order valence-corrected chi connectivity index (χ3v) is 8.87. The van der Waals surface area contributed by atoms with E-state index in [0.29, 0.717) is 17.9 Å². The molecule has 3 saturated carbocycles. The predicted octanol–water partition coefficient (Wildman–Crippen LogP) is 4.55. The Hall–Kier alpha value is -0.760. The number of aliphatic hydroxyl groups excluding tert-OH is 1. The smallest absolute Gasteiger partial charge is 0.0959 e. The molecule has 132 valence electrons. The van der Waals surface area contributed by atoms with E-state index in [9.17, 15) is 5.11 Å². The molecule has 0 heterocycles. The van der Waals surface area contributed by atoms with E-state index in [4.69, 9.17) is 4.74 Å². The molecule has 2 nitrogen and oxygen atoms in total. The van der Waals surface area contributed by atoms with Crippen LogP contribution in [0, 0.1) is 46.8 Å². The maximum atomic E-state index is 10.0. The summed E-state index contributed by atoms with van der Waals surface area (Å²) in [6, 6.07) is 0. The highest BCUT2D eigenvalue weighted by atomic mass is 16.5. The second-order valence-electron chi connectivity index (χ2n) is 9.67. The lowest BCUT2D eigenvalue weighted by molar-refractivity contribution is -0.0424. The van der Waals surface area contributed by atoms with Crippen molar-refractivity contribution in [2.24, 2.45) is 46.8 Å². The van der Waals surface area contributed by atoms with Gasteiger partial charge in [-0.2, -0.15) is 0 Å². The molecule has 0 amide bonds. The molecular weight excluding hydrogens is 296 g/mol. The van der Waals surface area contributed by atoms with Gasteiger partial charge in [-0.15, -0.1) is 0 Å². The van der Waals surface area contributed by atoms with Gasteiger partial charge in [0.2, 0.25) is 0 Å². The van der Waals surface area contributed by atoms with E-state index in [-0.39, 0.29) is 0 Å². The van der Waals surface area contributed by atoms with Crippen molar-refractivity contribution in [3.05, 3.63) is 23.0 Å². The Morgan fingerprint density at radius 1 is 1.33 bits per heavy atom. The van der Waals surface area contributed by atoms with Gasteiger partial charge >= 0.3 is 0 Å². The van der Waals surface area contributed by atoms with Crippen molar-refractivity contribution in [3.8, 4) is 0 Å². The van der Waals surface area contributed by atoms with Crippen LogP contribution in [-0.2, 0) is 4.74 Å². The van der Waals surface area contributed by atoms with Gasteiger partial charge in [0.1, 0.15) is 0 Å². The predicted molar refractivity (Wildman–Crippen MR) is 95.1 cm³/mol. The van der Waals surface area contributed by atoms with Gasteiger partial charge in [0.25, 0.3) is 0 Å². The van der Waals surface area contributed by atoms with Gasteiger partial charge in [0.05, 0.1) is 12.9 Å². The van der Waals surface area contributed by atoms with Crippen LogP contribution in [0.15, 0.2) is 23.0 Å². The minimum atomic E-state index is 0.415. The molecule has 5 aliphatic rings. The zero-order valence-electron chi connectivity index (χ0n) is 15.4. The molecule has 0 radical (unpaired) electrons. The van der Waals surface area contributed by atoms with Gasteiger partial charge in [-0.05, 0) is 85.0 Å². The second-order valence-corrected chi connectivity index (χ2v) is 9.67. The molecule has 0 unspecified atom stereocenters. The van der Waals surface area contributed by atoms with Gasteiger partial charge < -0.3 is 9.84 Å². The molecule has 0 saturated heterocycles. The van der Waals surface area contributed by atoms with Crippen molar-refractivity contribution in [1.29, 1.82) is 0 Å². The van der Waals surface area contributed by atoms with Gasteiger partial charge in [0.15, 0.2) is 0 Å². The number of allylic oxidation sites excluding steroid dienone is 3. The highest BCUT2D eigenvalue weighted by molar-refractivity contribution is 5.34. The minimum Gasteiger partial charge on any atom is -0.501 e. The first-order valence-electron chi connectivity index (χ1n) is 10.1. The number of ether oxygens (including phenoxy) is 1. The van der Waals surface area contributed by atoms with Crippen LogP contribution in [0.2, 0.25) is 0 Å². The minimum absolute atomic E-state index is 0.415. The summed E-state index contributed by atoms with van der Waals surface area (Å²) in [7, 11) is 1.82. The van der Waals surface area contributed by atoms with Crippen molar-refractivity contribution >= 4 is 0 Å². The summed E-state index contributed by atoms with van der Waals surface area (Å²) in [5.41, 5.74) is 3.90. The van der Waals surface area contributed by atoms with Crippen molar-refractivity contribution in [2.45, 2.75) is 52.4 Å². The summed E-state index contributed by atoms with van der Waals surface area (Å²) in [5.74, 6) is 6.90. The van der Waals surface area contributed by atoms with Crippen LogP contribution in [0.4, 0.5) is 0 Å². The molecule has 5 aliphatic carbocycles. The molecular formula is C22H32O2. The Bertz CT molecular complexity index is 617. The monoisotopic (exact) mass is 328 g/mol. The SMILES string of the molecule is COC1=CCC2=C(C1)C[C@@H](C)[C@H]1[C@H]3[C@@H]4C[C@@H]4[C@@H](CO)[C@@]3(C)CC[C@H]21. The average molecular weight is 328 g/mol. The molecule has 0 aliphatic heterocycles. The summed E-state index contributed by atoms with van der Waals surface area (Å²) in [6.07, 6.45) is 9.91. The van der Waals surface area contributed by atoms with Gasteiger partial charge in [-0.1, -0.05) is 25.0 Å². The largest absolute Gasteiger partial charge is 0.501 e. The Balaban J connectivity index is 1.49. The van der Waals surface area contributed by atoms with Crippen molar-refractivity contribution < 1.29 is 9.84 Å².